The molecule has 10 heteroatoms. The van der Waals surface area contributed by atoms with Gasteiger partial charge < -0.3 is 24.8 Å². The van der Waals surface area contributed by atoms with Crippen molar-refractivity contribution < 1.29 is 33.0 Å². The molecule has 0 spiro atoms. The van der Waals surface area contributed by atoms with Gasteiger partial charge in [-0.3, -0.25) is 14.4 Å². The summed E-state index contributed by atoms with van der Waals surface area (Å²) in [4.78, 5) is 40.0. The average molecular weight is 673 g/mol. The molecule has 3 aromatic carbocycles. The number of esters is 1. The number of thiophene rings is 1. The Balaban J connectivity index is 1.07. The molecule has 0 saturated heterocycles. The Kier molecular flexibility index (Phi) is 9.73. The number of benzene rings is 3. The first-order valence-corrected chi connectivity index (χ1v) is 17.3. The number of halogens is 1. The summed E-state index contributed by atoms with van der Waals surface area (Å²) < 4.78 is 32.4. The minimum absolute atomic E-state index is 0.0432. The van der Waals surface area contributed by atoms with Crippen LogP contribution in [0.5, 0.6) is 11.5 Å². The third kappa shape index (κ3) is 7.18. The van der Waals surface area contributed by atoms with Crippen LogP contribution in [0.1, 0.15) is 84.4 Å². The lowest BCUT2D eigenvalue weighted by Gasteiger charge is -2.38. The molecule has 1 aromatic heterocycles. The van der Waals surface area contributed by atoms with Crippen molar-refractivity contribution in [2.75, 3.05) is 19.0 Å². The number of fused-ring (bicyclic) bond motifs is 1. The summed E-state index contributed by atoms with van der Waals surface area (Å²) in [5.41, 5.74) is 0.828. The Morgan fingerprint density at radius 3 is 2.42 bits per heavy atom. The van der Waals surface area contributed by atoms with Crippen LogP contribution in [0, 0.1) is 16.6 Å². The fraction of sp³-hybridized carbons (Fsp3) is 0.395. The summed E-state index contributed by atoms with van der Waals surface area (Å²) in [6.07, 6.45) is 5.02. The van der Waals surface area contributed by atoms with Crippen LogP contribution in [-0.4, -0.2) is 37.5 Å². The first kappa shape index (κ1) is 33.5. The second-order valence-corrected chi connectivity index (χ2v) is 14.5. The van der Waals surface area contributed by atoms with E-state index in [0.717, 1.165) is 35.2 Å². The minimum Gasteiger partial charge on any atom is -0.496 e. The molecule has 252 valence electrons. The average Bonchev–Trinajstić information content (AvgIpc) is 3.54. The summed E-state index contributed by atoms with van der Waals surface area (Å²) >= 11 is 1.24. The molecule has 2 aliphatic rings. The highest BCUT2D eigenvalue weighted by Crippen LogP contribution is 2.41. The fourth-order valence-electron chi connectivity index (χ4n) is 6.54. The third-order valence-electron chi connectivity index (χ3n) is 9.92. The Hall–Kier alpha value is -4.44. The summed E-state index contributed by atoms with van der Waals surface area (Å²) in [6.45, 7) is 4.82. The van der Waals surface area contributed by atoms with Crippen LogP contribution in [-0.2, 0) is 16.1 Å². The van der Waals surface area contributed by atoms with Gasteiger partial charge in [0.15, 0.2) is 11.6 Å². The highest BCUT2D eigenvalue weighted by molar-refractivity contribution is 7.12. The molecular weight excluding hydrogens is 631 g/mol. The van der Waals surface area contributed by atoms with Gasteiger partial charge in [0.25, 0.3) is 11.8 Å². The third-order valence-corrected chi connectivity index (χ3v) is 10.8. The molecule has 48 heavy (non-hydrogen) atoms. The molecule has 2 saturated carbocycles. The maximum Gasteiger partial charge on any atom is 0.312 e. The van der Waals surface area contributed by atoms with E-state index in [0.29, 0.717) is 42.8 Å². The van der Waals surface area contributed by atoms with Crippen LogP contribution in [0.15, 0.2) is 66.0 Å². The lowest BCUT2D eigenvalue weighted by atomic mass is 9.70. The van der Waals surface area contributed by atoms with Gasteiger partial charge in [0.1, 0.15) is 17.2 Å². The fourth-order valence-corrected chi connectivity index (χ4v) is 7.31. The van der Waals surface area contributed by atoms with Crippen LogP contribution in [0.2, 0.25) is 0 Å². The number of carbonyl (C=O) groups is 3. The first-order valence-electron chi connectivity index (χ1n) is 16.4. The van der Waals surface area contributed by atoms with E-state index in [1.807, 2.05) is 49.4 Å². The van der Waals surface area contributed by atoms with Crippen molar-refractivity contribution in [3.05, 3.63) is 87.9 Å². The minimum atomic E-state index is -0.686. The smallest absolute Gasteiger partial charge is 0.312 e. The van der Waals surface area contributed by atoms with Crippen molar-refractivity contribution in [3.8, 4) is 11.5 Å². The summed E-state index contributed by atoms with van der Waals surface area (Å²) in [6, 6.07) is 18.1. The molecule has 2 amide bonds. The first-order chi connectivity index (χ1) is 23.1. The monoisotopic (exact) mass is 672 g/mol. The van der Waals surface area contributed by atoms with Crippen LogP contribution < -0.4 is 20.1 Å². The van der Waals surface area contributed by atoms with E-state index < -0.39 is 17.1 Å². The molecule has 0 aliphatic heterocycles. The number of ether oxygens (including phenoxy) is 3. The SMILES string of the molecule is COc1cc(F)c(OC2CCC(C)(C(=O)OCc3cccc4ccccc34)CC2)cc1C(=O)Nc1ccsc1C(=O)NCC1(C)CCC1. The van der Waals surface area contributed by atoms with E-state index in [2.05, 4.69) is 17.6 Å². The van der Waals surface area contributed by atoms with Crippen molar-refractivity contribution in [2.45, 2.75) is 71.5 Å². The number of carbonyl (C=O) groups excluding carboxylic acids is 3. The molecule has 2 N–H and O–H groups in total. The van der Waals surface area contributed by atoms with Crippen molar-refractivity contribution >= 4 is 45.6 Å². The zero-order chi connectivity index (χ0) is 33.9. The Morgan fingerprint density at radius 1 is 0.938 bits per heavy atom. The number of anilines is 1. The molecule has 2 fully saturated rings. The Bertz CT molecular complexity index is 1820. The van der Waals surface area contributed by atoms with Crippen molar-refractivity contribution in [1.82, 2.24) is 5.32 Å². The number of hydrogen-bond acceptors (Lipinski definition) is 7. The second kappa shape index (κ2) is 14.0. The largest absolute Gasteiger partial charge is 0.496 e. The normalized spacial score (nSPS) is 20.0. The highest BCUT2D eigenvalue weighted by Gasteiger charge is 2.40. The van der Waals surface area contributed by atoms with Gasteiger partial charge in [0.2, 0.25) is 0 Å². The molecule has 1 heterocycles. The Labute approximate surface area is 284 Å². The number of hydrogen-bond donors (Lipinski definition) is 2. The van der Waals surface area contributed by atoms with Gasteiger partial charge in [-0.05, 0) is 84.7 Å². The van der Waals surface area contributed by atoms with E-state index >= 15 is 4.39 Å². The quantitative estimate of drug-likeness (QED) is 0.156. The molecule has 2 aliphatic carbocycles. The molecule has 0 unspecified atom stereocenters. The van der Waals surface area contributed by atoms with E-state index in [1.165, 1.54) is 30.9 Å². The number of methoxy groups -OCH3 is 1. The van der Waals surface area contributed by atoms with Crippen LogP contribution >= 0.6 is 11.3 Å². The van der Waals surface area contributed by atoms with Gasteiger partial charge in [0, 0.05) is 12.6 Å². The van der Waals surface area contributed by atoms with Crippen LogP contribution in [0.3, 0.4) is 0 Å². The van der Waals surface area contributed by atoms with E-state index in [1.54, 1.807) is 11.4 Å². The molecule has 4 aromatic rings. The zero-order valence-electron chi connectivity index (χ0n) is 27.5. The second-order valence-electron chi connectivity index (χ2n) is 13.5. The molecule has 6 rings (SSSR count). The molecule has 0 radical (unpaired) electrons. The van der Waals surface area contributed by atoms with Crippen LogP contribution in [0.25, 0.3) is 10.8 Å². The van der Waals surface area contributed by atoms with Gasteiger partial charge in [-0.1, -0.05) is 55.8 Å². The van der Waals surface area contributed by atoms with E-state index in [9.17, 15) is 14.4 Å². The van der Waals surface area contributed by atoms with Gasteiger partial charge >= 0.3 is 5.97 Å². The molecule has 0 bridgehead atoms. The highest BCUT2D eigenvalue weighted by atomic mass is 32.1. The lowest BCUT2D eigenvalue weighted by Crippen LogP contribution is -2.39. The van der Waals surface area contributed by atoms with Gasteiger partial charge in [-0.15, -0.1) is 11.3 Å². The van der Waals surface area contributed by atoms with E-state index in [-0.39, 0.29) is 47.1 Å². The summed E-state index contributed by atoms with van der Waals surface area (Å²) in [7, 11) is 1.36. The number of rotatable bonds is 11. The standard InChI is InChI=1S/C38H41FN2O6S/c1-37(15-7-16-37)23-40-35(43)33-30(14-19-48-33)41-34(42)28-20-32(29(39)21-31(28)45-3)47-26-12-17-38(2,18-13-26)36(44)46-22-25-10-6-9-24-8-4-5-11-27(24)25/h4-6,8-11,14,19-21,26H,7,12-13,15-18,22-23H2,1-3H3,(H,40,43)(H,41,42). The van der Waals surface area contributed by atoms with Gasteiger partial charge in [0.05, 0.1) is 29.9 Å². The maximum absolute atomic E-state index is 15.2. The van der Waals surface area contributed by atoms with Crippen molar-refractivity contribution in [2.24, 2.45) is 10.8 Å². The predicted octanol–water partition coefficient (Wildman–Crippen LogP) is 8.29. The molecule has 0 atom stereocenters. The van der Waals surface area contributed by atoms with E-state index in [4.69, 9.17) is 14.2 Å². The summed E-state index contributed by atoms with van der Waals surface area (Å²) in [5.74, 6) is -1.76. The molecule has 8 nitrogen and oxygen atoms in total. The van der Waals surface area contributed by atoms with Gasteiger partial charge in [-0.25, -0.2) is 4.39 Å². The van der Waals surface area contributed by atoms with Crippen LogP contribution in [0.4, 0.5) is 10.1 Å². The summed E-state index contributed by atoms with van der Waals surface area (Å²) in [5, 5.41) is 9.68. The topological polar surface area (TPSA) is 103 Å². The van der Waals surface area contributed by atoms with Crippen molar-refractivity contribution in [1.29, 1.82) is 0 Å². The number of amides is 2. The van der Waals surface area contributed by atoms with Crippen molar-refractivity contribution in [3.63, 3.8) is 0 Å². The Morgan fingerprint density at radius 2 is 1.69 bits per heavy atom. The zero-order valence-corrected chi connectivity index (χ0v) is 28.3. The lowest BCUT2D eigenvalue weighted by molar-refractivity contribution is -0.159. The maximum atomic E-state index is 15.2. The van der Waals surface area contributed by atoms with Gasteiger partial charge in [-0.2, -0.15) is 0 Å². The predicted molar refractivity (Wildman–Crippen MR) is 184 cm³/mol. The molecular formula is C38H41FN2O6S. The number of nitrogens with one attached hydrogen (secondary N) is 2.